The average molecular weight is 612 g/mol. The summed E-state index contributed by atoms with van der Waals surface area (Å²) in [6.07, 6.45) is 1.02. The van der Waals surface area contributed by atoms with Crippen molar-refractivity contribution in [2.75, 3.05) is 26.8 Å². The van der Waals surface area contributed by atoms with Crippen LogP contribution in [0.1, 0.15) is 54.1 Å². The van der Waals surface area contributed by atoms with Gasteiger partial charge in [0.1, 0.15) is 6.61 Å². The van der Waals surface area contributed by atoms with Gasteiger partial charge in [0.05, 0.1) is 29.1 Å². The summed E-state index contributed by atoms with van der Waals surface area (Å²) in [6.45, 7) is 5.05. The lowest BCUT2D eigenvalue weighted by atomic mass is 9.80. The van der Waals surface area contributed by atoms with Gasteiger partial charge in [-0.2, -0.15) is 0 Å². The summed E-state index contributed by atoms with van der Waals surface area (Å²) in [5.41, 5.74) is 3.29. The van der Waals surface area contributed by atoms with Gasteiger partial charge in [0.15, 0.2) is 5.78 Å². The van der Waals surface area contributed by atoms with Crippen molar-refractivity contribution in [2.24, 2.45) is 0 Å². The normalized spacial score (nSPS) is 14.6. The summed E-state index contributed by atoms with van der Waals surface area (Å²) in [6, 6.07) is 24.9. The molecule has 1 N–H and O–H groups in total. The predicted octanol–water partition coefficient (Wildman–Crippen LogP) is 5.71. The number of carbonyl (C=O) groups is 3. The Labute approximate surface area is 262 Å². The molecule has 0 saturated carbocycles. The van der Waals surface area contributed by atoms with E-state index in [9.17, 15) is 24.5 Å². The van der Waals surface area contributed by atoms with Gasteiger partial charge >= 0.3 is 11.9 Å². The Bertz CT molecular complexity index is 1600. The van der Waals surface area contributed by atoms with Crippen molar-refractivity contribution in [3.63, 3.8) is 0 Å². The number of hydrogen-bond acceptors (Lipinski definition) is 9. The zero-order chi connectivity index (χ0) is 32.3. The number of benzene rings is 3. The Hall–Kier alpha value is -5.09. The van der Waals surface area contributed by atoms with Crippen LogP contribution in [0, 0.1) is 10.1 Å². The SMILES string of the molecule is COC(=O)C1=C(C)NC(C)=C(C(=O)OCCN(CCCC(=O)c2ccccc2)Cc2ccccc2)C1c1cccc([N+](=O)[O-])c1. The van der Waals surface area contributed by atoms with Gasteiger partial charge in [-0.1, -0.05) is 72.8 Å². The van der Waals surface area contributed by atoms with Crippen LogP contribution in [0.15, 0.2) is 107 Å². The molecule has 1 aliphatic rings. The molecule has 1 unspecified atom stereocenters. The molecule has 45 heavy (non-hydrogen) atoms. The quantitative estimate of drug-likeness (QED) is 0.105. The molecule has 4 rings (SSSR count). The van der Waals surface area contributed by atoms with Crippen molar-refractivity contribution < 1.29 is 28.8 Å². The number of Topliss-reactive ketones (excluding diaryl/α,β-unsaturated/α-hetero) is 1. The van der Waals surface area contributed by atoms with E-state index in [1.807, 2.05) is 60.7 Å². The van der Waals surface area contributed by atoms with E-state index in [1.54, 1.807) is 19.9 Å². The zero-order valence-corrected chi connectivity index (χ0v) is 25.7. The molecule has 0 aromatic heterocycles. The third kappa shape index (κ3) is 8.51. The topological polar surface area (TPSA) is 128 Å². The van der Waals surface area contributed by atoms with Crippen LogP contribution in [0.5, 0.6) is 0 Å². The molecule has 1 heterocycles. The monoisotopic (exact) mass is 611 g/mol. The molecule has 0 aliphatic carbocycles. The van der Waals surface area contributed by atoms with Crippen molar-refractivity contribution in [3.05, 3.63) is 134 Å². The largest absolute Gasteiger partial charge is 0.466 e. The van der Waals surface area contributed by atoms with Gasteiger partial charge in [-0.3, -0.25) is 19.8 Å². The number of nitrogens with zero attached hydrogens (tertiary/aromatic N) is 2. The lowest BCUT2D eigenvalue weighted by Crippen LogP contribution is -2.34. The van der Waals surface area contributed by atoms with Crippen molar-refractivity contribution in [1.82, 2.24) is 10.2 Å². The van der Waals surface area contributed by atoms with Crippen LogP contribution in [0.25, 0.3) is 0 Å². The number of nitro groups is 1. The smallest absolute Gasteiger partial charge is 0.336 e. The first kappa shape index (κ1) is 32.8. The van der Waals surface area contributed by atoms with Gasteiger partial charge in [-0.05, 0) is 37.9 Å². The first-order valence-electron chi connectivity index (χ1n) is 14.7. The summed E-state index contributed by atoms with van der Waals surface area (Å²) < 4.78 is 10.8. The van der Waals surface area contributed by atoms with Gasteiger partial charge in [0.2, 0.25) is 0 Å². The molecule has 10 heteroatoms. The van der Waals surface area contributed by atoms with Crippen LogP contribution >= 0.6 is 0 Å². The van der Waals surface area contributed by atoms with E-state index in [0.29, 0.717) is 55.0 Å². The maximum atomic E-state index is 13.7. The lowest BCUT2D eigenvalue weighted by molar-refractivity contribution is -0.384. The molecule has 0 bridgehead atoms. The molecule has 10 nitrogen and oxygen atoms in total. The Morgan fingerprint density at radius 3 is 2.16 bits per heavy atom. The van der Waals surface area contributed by atoms with Crippen LogP contribution in [-0.2, 0) is 25.6 Å². The number of ether oxygens (including phenoxy) is 2. The summed E-state index contributed by atoms with van der Waals surface area (Å²) in [5.74, 6) is -2.17. The highest BCUT2D eigenvalue weighted by Gasteiger charge is 2.38. The minimum Gasteiger partial charge on any atom is -0.466 e. The molecule has 3 aromatic rings. The second-order valence-electron chi connectivity index (χ2n) is 10.8. The highest BCUT2D eigenvalue weighted by Crippen LogP contribution is 2.40. The summed E-state index contributed by atoms with van der Waals surface area (Å²) in [4.78, 5) is 52.4. The Balaban J connectivity index is 1.50. The highest BCUT2D eigenvalue weighted by atomic mass is 16.6. The van der Waals surface area contributed by atoms with Crippen molar-refractivity contribution in [1.29, 1.82) is 0 Å². The maximum absolute atomic E-state index is 13.7. The van der Waals surface area contributed by atoms with E-state index in [0.717, 1.165) is 5.56 Å². The van der Waals surface area contributed by atoms with Gasteiger partial charge < -0.3 is 14.8 Å². The fourth-order valence-electron chi connectivity index (χ4n) is 5.48. The number of esters is 2. The fraction of sp³-hybridized carbons (Fsp3) is 0.286. The second-order valence-corrected chi connectivity index (χ2v) is 10.8. The fourth-order valence-corrected chi connectivity index (χ4v) is 5.48. The third-order valence-corrected chi connectivity index (χ3v) is 7.66. The molecule has 0 saturated heterocycles. The van der Waals surface area contributed by atoms with Crippen LogP contribution < -0.4 is 5.32 Å². The number of nitro benzene ring substituents is 1. The number of allylic oxidation sites excluding steroid dienone is 2. The summed E-state index contributed by atoms with van der Waals surface area (Å²) >= 11 is 0. The first-order valence-corrected chi connectivity index (χ1v) is 14.7. The van der Waals surface area contributed by atoms with Crippen molar-refractivity contribution in [2.45, 2.75) is 39.2 Å². The molecular formula is C35H37N3O7. The minimum atomic E-state index is -0.935. The molecule has 0 radical (unpaired) electrons. The maximum Gasteiger partial charge on any atom is 0.336 e. The number of hydrogen-bond donors (Lipinski definition) is 1. The number of rotatable bonds is 14. The second kappa shape index (κ2) is 15.6. The van der Waals surface area contributed by atoms with Crippen molar-refractivity contribution >= 4 is 23.4 Å². The number of ketones is 1. The number of nitrogens with one attached hydrogen (secondary N) is 1. The highest BCUT2D eigenvalue weighted by molar-refractivity contribution is 6.00. The predicted molar refractivity (Wildman–Crippen MR) is 169 cm³/mol. The third-order valence-electron chi connectivity index (χ3n) is 7.66. The van der Waals surface area contributed by atoms with E-state index in [1.165, 1.54) is 25.3 Å². The van der Waals surface area contributed by atoms with Gasteiger partial charge in [0.25, 0.3) is 5.69 Å². The summed E-state index contributed by atoms with van der Waals surface area (Å²) in [7, 11) is 1.24. The summed E-state index contributed by atoms with van der Waals surface area (Å²) in [5, 5.41) is 14.6. The van der Waals surface area contributed by atoms with E-state index >= 15 is 0 Å². The van der Waals surface area contributed by atoms with E-state index in [2.05, 4.69) is 10.2 Å². The molecule has 1 aliphatic heterocycles. The minimum absolute atomic E-state index is 0.0486. The molecule has 0 amide bonds. The molecule has 3 aromatic carbocycles. The zero-order valence-electron chi connectivity index (χ0n) is 25.7. The number of non-ortho nitro benzene ring substituents is 1. The van der Waals surface area contributed by atoms with Crippen LogP contribution in [0.2, 0.25) is 0 Å². The molecular weight excluding hydrogens is 574 g/mol. The van der Waals surface area contributed by atoms with Gasteiger partial charge in [0, 0.05) is 48.6 Å². The van der Waals surface area contributed by atoms with Crippen LogP contribution in [-0.4, -0.2) is 54.4 Å². The molecule has 1 atom stereocenters. The lowest BCUT2D eigenvalue weighted by Gasteiger charge is -2.30. The van der Waals surface area contributed by atoms with E-state index < -0.39 is 22.8 Å². The Kier molecular flexibility index (Phi) is 11.4. The van der Waals surface area contributed by atoms with Gasteiger partial charge in [-0.15, -0.1) is 0 Å². The van der Waals surface area contributed by atoms with Crippen LogP contribution in [0.4, 0.5) is 5.69 Å². The van der Waals surface area contributed by atoms with E-state index in [4.69, 9.17) is 9.47 Å². The first-order chi connectivity index (χ1) is 21.7. The number of methoxy groups -OCH3 is 1. The number of dihydropyridines is 1. The van der Waals surface area contributed by atoms with Crippen molar-refractivity contribution in [3.8, 4) is 0 Å². The Morgan fingerprint density at radius 1 is 0.867 bits per heavy atom. The average Bonchev–Trinajstić information content (AvgIpc) is 3.04. The molecule has 234 valence electrons. The molecule has 0 spiro atoms. The van der Waals surface area contributed by atoms with Gasteiger partial charge in [-0.25, -0.2) is 9.59 Å². The number of carbonyl (C=O) groups excluding carboxylic acids is 3. The van der Waals surface area contributed by atoms with E-state index in [-0.39, 0.29) is 29.2 Å². The Morgan fingerprint density at radius 2 is 1.51 bits per heavy atom. The standard InChI is InChI=1S/C35H37N3O7/c1-24-31(34(40)44-3)33(28-16-10-17-29(22-28)38(42)43)32(25(2)36-24)35(41)45-21-20-37(23-26-12-6-4-7-13-26)19-11-18-30(39)27-14-8-5-9-15-27/h4-10,12-17,22,33,36H,11,18-21,23H2,1-3H3. The van der Waals surface area contributed by atoms with Crippen LogP contribution in [0.3, 0.4) is 0 Å². The molecule has 0 fully saturated rings.